The third-order valence-electron chi connectivity index (χ3n) is 2.02. The molecule has 5 heteroatoms. The summed E-state index contributed by atoms with van der Waals surface area (Å²) in [4.78, 5) is 0. The first kappa shape index (κ1) is 12.0. The smallest absolute Gasteiger partial charge is 0.132 e. The number of hydrogen-bond acceptors (Lipinski definition) is 2. The molecule has 0 fully saturated rings. The van der Waals surface area contributed by atoms with Crippen LogP contribution in [0.5, 0.6) is 11.5 Å². The van der Waals surface area contributed by atoms with Gasteiger partial charge in [-0.3, -0.25) is 0 Å². The Morgan fingerprint density at radius 3 is 2.35 bits per heavy atom. The van der Waals surface area contributed by atoms with Crippen molar-refractivity contribution in [2.75, 3.05) is 5.73 Å². The van der Waals surface area contributed by atoms with Gasteiger partial charge in [-0.2, -0.15) is 0 Å². The Balaban J connectivity index is 2.28. The molecule has 2 rings (SSSR count). The van der Waals surface area contributed by atoms with E-state index in [2.05, 4.69) is 0 Å². The Morgan fingerprint density at radius 2 is 1.71 bits per heavy atom. The Hall–Kier alpha value is -1.45. The molecule has 0 saturated carbocycles. The van der Waals surface area contributed by atoms with Crippen molar-refractivity contribution in [3.05, 3.63) is 52.3 Å². The van der Waals surface area contributed by atoms with Crippen LogP contribution in [0, 0.1) is 5.82 Å². The minimum atomic E-state index is -0.458. The van der Waals surface area contributed by atoms with E-state index in [1.807, 2.05) is 0 Å². The molecule has 2 N–H and O–H groups in total. The van der Waals surface area contributed by atoms with Gasteiger partial charge in [0, 0.05) is 23.9 Å². The van der Waals surface area contributed by atoms with Gasteiger partial charge in [0.15, 0.2) is 0 Å². The van der Waals surface area contributed by atoms with Gasteiger partial charge >= 0.3 is 0 Å². The molecule has 0 saturated heterocycles. The summed E-state index contributed by atoms with van der Waals surface area (Å²) in [6, 6.07) is 8.74. The zero-order chi connectivity index (χ0) is 12.4. The number of rotatable bonds is 2. The highest BCUT2D eigenvalue weighted by atomic mass is 35.5. The predicted octanol–water partition coefficient (Wildman–Crippen LogP) is 4.51. The summed E-state index contributed by atoms with van der Waals surface area (Å²) in [7, 11) is 0. The van der Waals surface area contributed by atoms with Gasteiger partial charge < -0.3 is 10.5 Å². The maximum atomic E-state index is 13.1. The molecule has 0 atom stereocenters. The van der Waals surface area contributed by atoms with E-state index in [9.17, 15) is 4.39 Å². The van der Waals surface area contributed by atoms with Crippen LogP contribution < -0.4 is 10.5 Å². The van der Waals surface area contributed by atoms with Crippen LogP contribution in [0.1, 0.15) is 0 Å². The van der Waals surface area contributed by atoms with Crippen molar-refractivity contribution in [2.45, 2.75) is 0 Å². The van der Waals surface area contributed by atoms with Crippen LogP contribution in [0.3, 0.4) is 0 Å². The SMILES string of the molecule is Nc1cc(F)cc(Oc2ccc(Cl)c(Cl)c2)c1. The minimum absolute atomic E-state index is 0.292. The Kier molecular flexibility index (Phi) is 3.41. The molecule has 17 heavy (non-hydrogen) atoms. The van der Waals surface area contributed by atoms with Crippen LogP contribution in [0.15, 0.2) is 36.4 Å². The van der Waals surface area contributed by atoms with Gasteiger partial charge in [-0.15, -0.1) is 0 Å². The van der Waals surface area contributed by atoms with Crippen molar-refractivity contribution >= 4 is 28.9 Å². The fraction of sp³-hybridized carbons (Fsp3) is 0. The van der Waals surface area contributed by atoms with Gasteiger partial charge in [-0.05, 0) is 18.2 Å². The molecule has 2 aromatic carbocycles. The van der Waals surface area contributed by atoms with Crippen molar-refractivity contribution in [1.29, 1.82) is 0 Å². The zero-order valence-electron chi connectivity index (χ0n) is 8.58. The first-order valence-electron chi connectivity index (χ1n) is 4.73. The lowest BCUT2D eigenvalue weighted by atomic mass is 10.3. The molecule has 0 aromatic heterocycles. The molecule has 88 valence electrons. The number of hydrogen-bond donors (Lipinski definition) is 1. The lowest BCUT2D eigenvalue weighted by Crippen LogP contribution is -1.90. The van der Waals surface area contributed by atoms with Crippen molar-refractivity contribution < 1.29 is 9.13 Å². The van der Waals surface area contributed by atoms with E-state index in [1.54, 1.807) is 18.2 Å². The number of halogens is 3. The Morgan fingerprint density at radius 1 is 0.941 bits per heavy atom. The van der Waals surface area contributed by atoms with E-state index < -0.39 is 5.82 Å². The highest BCUT2D eigenvalue weighted by Gasteiger charge is 2.04. The molecule has 2 nitrogen and oxygen atoms in total. The summed E-state index contributed by atoms with van der Waals surface area (Å²) in [5, 5.41) is 0.798. The minimum Gasteiger partial charge on any atom is -0.457 e. The fourth-order valence-corrected chi connectivity index (χ4v) is 1.61. The highest BCUT2D eigenvalue weighted by molar-refractivity contribution is 6.42. The van der Waals surface area contributed by atoms with Gasteiger partial charge in [0.05, 0.1) is 10.0 Å². The van der Waals surface area contributed by atoms with Gasteiger partial charge in [-0.1, -0.05) is 23.2 Å². The van der Waals surface area contributed by atoms with E-state index in [4.69, 9.17) is 33.7 Å². The van der Waals surface area contributed by atoms with Crippen LogP contribution >= 0.6 is 23.2 Å². The van der Waals surface area contributed by atoms with Crippen molar-refractivity contribution in [3.8, 4) is 11.5 Å². The Bertz CT molecular complexity index is 540. The second-order valence-corrected chi connectivity index (χ2v) is 4.21. The van der Waals surface area contributed by atoms with E-state index >= 15 is 0 Å². The standard InChI is InChI=1S/C12H8Cl2FNO/c13-11-2-1-9(6-12(11)14)17-10-4-7(15)3-8(16)5-10/h1-6H,16H2. The number of ether oxygens (including phenoxy) is 1. The largest absolute Gasteiger partial charge is 0.457 e. The molecule has 0 spiro atoms. The van der Waals surface area contributed by atoms with Gasteiger partial charge in [0.2, 0.25) is 0 Å². The van der Waals surface area contributed by atoms with E-state index in [1.165, 1.54) is 18.2 Å². The maximum absolute atomic E-state index is 13.1. The quantitative estimate of drug-likeness (QED) is 0.816. The van der Waals surface area contributed by atoms with Crippen LogP contribution in [-0.2, 0) is 0 Å². The van der Waals surface area contributed by atoms with E-state index in [0.717, 1.165) is 0 Å². The summed E-state index contributed by atoms with van der Waals surface area (Å²) >= 11 is 11.6. The van der Waals surface area contributed by atoms with E-state index in [-0.39, 0.29) is 0 Å². The highest BCUT2D eigenvalue weighted by Crippen LogP contribution is 2.30. The van der Waals surface area contributed by atoms with Crippen LogP contribution in [0.2, 0.25) is 10.0 Å². The molecule has 0 unspecified atom stereocenters. The molecular formula is C12H8Cl2FNO. The first-order chi connectivity index (χ1) is 8.04. The average molecular weight is 272 g/mol. The third kappa shape index (κ3) is 3.02. The van der Waals surface area contributed by atoms with Crippen molar-refractivity contribution in [2.24, 2.45) is 0 Å². The third-order valence-corrected chi connectivity index (χ3v) is 2.76. The van der Waals surface area contributed by atoms with Gasteiger partial charge in [-0.25, -0.2) is 4.39 Å². The summed E-state index contributed by atoms with van der Waals surface area (Å²) in [6.45, 7) is 0. The Labute approximate surface area is 108 Å². The van der Waals surface area contributed by atoms with Crippen molar-refractivity contribution in [1.82, 2.24) is 0 Å². The van der Waals surface area contributed by atoms with Crippen LogP contribution in [-0.4, -0.2) is 0 Å². The second-order valence-electron chi connectivity index (χ2n) is 3.40. The maximum Gasteiger partial charge on any atom is 0.132 e. The molecule has 0 aliphatic rings. The molecule has 0 aliphatic heterocycles. The van der Waals surface area contributed by atoms with Gasteiger partial charge in [0.25, 0.3) is 0 Å². The molecule has 0 radical (unpaired) electrons. The molecule has 0 amide bonds. The molecule has 0 aliphatic carbocycles. The first-order valence-corrected chi connectivity index (χ1v) is 5.49. The lowest BCUT2D eigenvalue weighted by molar-refractivity contribution is 0.477. The predicted molar refractivity (Wildman–Crippen MR) is 67.3 cm³/mol. The molecule has 0 bridgehead atoms. The summed E-state index contributed by atoms with van der Waals surface area (Å²) in [5.41, 5.74) is 5.79. The molecular weight excluding hydrogens is 264 g/mol. The second kappa shape index (κ2) is 4.82. The summed E-state index contributed by atoms with van der Waals surface area (Å²) < 4.78 is 18.5. The molecule has 0 heterocycles. The van der Waals surface area contributed by atoms with Crippen LogP contribution in [0.25, 0.3) is 0 Å². The fourth-order valence-electron chi connectivity index (χ4n) is 1.32. The average Bonchev–Trinajstić information content (AvgIpc) is 2.22. The lowest BCUT2D eigenvalue weighted by Gasteiger charge is -2.07. The summed E-state index contributed by atoms with van der Waals surface area (Å²) in [6.07, 6.45) is 0. The monoisotopic (exact) mass is 271 g/mol. The van der Waals surface area contributed by atoms with Gasteiger partial charge in [0.1, 0.15) is 17.3 Å². The number of nitrogen functional groups attached to an aromatic ring is 1. The van der Waals surface area contributed by atoms with E-state index in [0.29, 0.717) is 27.2 Å². The molecule has 2 aromatic rings. The number of benzene rings is 2. The zero-order valence-corrected chi connectivity index (χ0v) is 10.1. The summed E-state index contributed by atoms with van der Waals surface area (Å²) in [5.74, 6) is 0.311. The van der Waals surface area contributed by atoms with Crippen molar-refractivity contribution in [3.63, 3.8) is 0 Å². The topological polar surface area (TPSA) is 35.2 Å². The number of nitrogens with two attached hydrogens (primary N) is 1. The van der Waals surface area contributed by atoms with Crippen LogP contribution in [0.4, 0.5) is 10.1 Å². The number of anilines is 1. The normalized spacial score (nSPS) is 10.3.